The van der Waals surface area contributed by atoms with Crippen molar-refractivity contribution in [1.82, 2.24) is 4.90 Å². The molecule has 0 radical (unpaired) electrons. The fourth-order valence-electron chi connectivity index (χ4n) is 4.61. The number of benzene rings is 1. The van der Waals surface area contributed by atoms with Crippen molar-refractivity contribution < 1.29 is 37.7 Å². The summed E-state index contributed by atoms with van der Waals surface area (Å²) in [6, 6.07) is 4.04. The van der Waals surface area contributed by atoms with Crippen LogP contribution in [0.3, 0.4) is 0 Å². The quantitative estimate of drug-likeness (QED) is 0.735. The van der Waals surface area contributed by atoms with Crippen molar-refractivity contribution in [3.63, 3.8) is 0 Å². The van der Waals surface area contributed by atoms with Crippen molar-refractivity contribution in [2.75, 3.05) is 13.1 Å². The smallest absolute Gasteiger partial charge is 0.486 e. The van der Waals surface area contributed by atoms with E-state index in [-0.39, 0.29) is 24.4 Å². The molecule has 9 heteroatoms. The Labute approximate surface area is 160 Å². The largest absolute Gasteiger partial charge is 0.573 e. The van der Waals surface area contributed by atoms with Crippen LogP contribution in [0.25, 0.3) is 0 Å². The molecule has 0 bridgehead atoms. The second-order valence-corrected chi connectivity index (χ2v) is 8.44. The molecular weight excluding hydrogens is 379 g/mol. The summed E-state index contributed by atoms with van der Waals surface area (Å²) in [7, 11) is 0. The van der Waals surface area contributed by atoms with Gasteiger partial charge in [0, 0.05) is 31.8 Å². The summed E-state index contributed by atoms with van der Waals surface area (Å²) in [6.45, 7) is 6.10. The standard InChI is InChI=1S/C19H24F3NO5/c1-17(2,3)15-14(24)13-11(5-4-6-12(13)28-19(20,21)22)27-18(15)7-9-23(10-8-18)16(25)26/h4-6,14-15,24H,7-10H2,1-3H3,(H,25,26). The molecule has 0 aliphatic carbocycles. The summed E-state index contributed by atoms with van der Waals surface area (Å²) < 4.78 is 48.8. The highest BCUT2D eigenvalue weighted by atomic mass is 19.4. The third-order valence-electron chi connectivity index (χ3n) is 5.56. The number of likely N-dealkylation sites (tertiary alicyclic amines) is 1. The highest BCUT2D eigenvalue weighted by Gasteiger charge is 2.56. The minimum absolute atomic E-state index is 0.0222. The van der Waals surface area contributed by atoms with E-state index in [4.69, 9.17) is 4.74 Å². The van der Waals surface area contributed by atoms with Crippen LogP contribution < -0.4 is 9.47 Å². The zero-order valence-corrected chi connectivity index (χ0v) is 15.9. The van der Waals surface area contributed by atoms with E-state index in [1.165, 1.54) is 17.0 Å². The van der Waals surface area contributed by atoms with Gasteiger partial charge in [-0.25, -0.2) is 4.79 Å². The van der Waals surface area contributed by atoms with E-state index in [0.717, 1.165) is 6.07 Å². The molecule has 0 aromatic heterocycles. The second-order valence-electron chi connectivity index (χ2n) is 8.44. The van der Waals surface area contributed by atoms with Gasteiger partial charge < -0.3 is 24.6 Å². The molecule has 2 aliphatic rings. The Bertz CT molecular complexity index is 751. The molecule has 1 aromatic rings. The lowest BCUT2D eigenvalue weighted by Crippen LogP contribution is -2.59. The maximum atomic E-state index is 12.8. The Morgan fingerprint density at radius 2 is 1.86 bits per heavy atom. The van der Waals surface area contributed by atoms with E-state index in [0.29, 0.717) is 12.8 Å². The Balaban J connectivity index is 2.05. The minimum Gasteiger partial charge on any atom is -0.486 e. The molecular formula is C19H24F3NO5. The zero-order valence-electron chi connectivity index (χ0n) is 15.9. The first-order valence-electron chi connectivity index (χ1n) is 9.08. The molecule has 2 heterocycles. The first-order chi connectivity index (χ1) is 12.8. The number of nitrogens with zero attached hydrogens (tertiary/aromatic N) is 1. The topological polar surface area (TPSA) is 79.2 Å². The third kappa shape index (κ3) is 3.72. The van der Waals surface area contributed by atoms with Gasteiger partial charge in [0.15, 0.2) is 0 Å². The summed E-state index contributed by atoms with van der Waals surface area (Å²) in [5, 5.41) is 20.4. The molecule has 1 aromatic carbocycles. The molecule has 1 fully saturated rings. The number of amides is 1. The van der Waals surface area contributed by atoms with Crippen molar-refractivity contribution in [3.05, 3.63) is 23.8 Å². The van der Waals surface area contributed by atoms with Crippen LogP contribution in [0, 0.1) is 11.3 Å². The predicted molar refractivity (Wildman–Crippen MR) is 93.2 cm³/mol. The van der Waals surface area contributed by atoms with E-state index < -0.39 is 41.2 Å². The number of aliphatic hydroxyl groups excluding tert-OH is 1. The molecule has 28 heavy (non-hydrogen) atoms. The summed E-state index contributed by atoms with van der Waals surface area (Å²) in [5.41, 5.74) is -1.42. The molecule has 2 unspecified atom stereocenters. The Hall–Kier alpha value is -2.16. The van der Waals surface area contributed by atoms with Gasteiger partial charge in [-0.1, -0.05) is 26.8 Å². The lowest BCUT2D eigenvalue weighted by Gasteiger charge is -2.54. The monoisotopic (exact) mass is 403 g/mol. The number of hydrogen-bond donors (Lipinski definition) is 2. The van der Waals surface area contributed by atoms with Gasteiger partial charge in [-0.05, 0) is 17.5 Å². The number of piperidine rings is 1. The van der Waals surface area contributed by atoms with E-state index in [9.17, 15) is 28.2 Å². The first-order valence-corrected chi connectivity index (χ1v) is 9.08. The molecule has 2 aliphatic heterocycles. The molecule has 1 amide bonds. The fourth-order valence-corrected chi connectivity index (χ4v) is 4.61. The van der Waals surface area contributed by atoms with Gasteiger partial charge in [0.25, 0.3) is 0 Å². The predicted octanol–water partition coefficient (Wildman–Crippen LogP) is 4.19. The number of rotatable bonds is 1. The third-order valence-corrected chi connectivity index (χ3v) is 5.56. The highest BCUT2D eigenvalue weighted by molar-refractivity contribution is 5.65. The van der Waals surface area contributed by atoms with E-state index >= 15 is 0 Å². The van der Waals surface area contributed by atoms with Gasteiger partial charge >= 0.3 is 12.5 Å². The number of alkyl halides is 3. The number of hydrogen-bond acceptors (Lipinski definition) is 4. The minimum atomic E-state index is -4.89. The van der Waals surface area contributed by atoms with Crippen LogP contribution in [0.5, 0.6) is 11.5 Å². The van der Waals surface area contributed by atoms with E-state index in [2.05, 4.69) is 4.74 Å². The number of ether oxygens (including phenoxy) is 2. The molecule has 0 saturated carbocycles. The first kappa shape index (κ1) is 20.6. The van der Waals surface area contributed by atoms with Crippen molar-refractivity contribution in [3.8, 4) is 11.5 Å². The van der Waals surface area contributed by atoms with Gasteiger partial charge in [-0.2, -0.15) is 0 Å². The summed E-state index contributed by atoms with van der Waals surface area (Å²) in [5.74, 6) is -0.899. The summed E-state index contributed by atoms with van der Waals surface area (Å²) >= 11 is 0. The SMILES string of the molecule is CC(C)(C)C1C(O)c2c(OC(F)(F)F)cccc2OC12CCN(C(=O)O)CC2. The number of halogens is 3. The lowest BCUT2D eigenvalue weighted by molar-refractivity contribution is -0.275. The summed E-state index contributed by atoms with van der Waals surface area (Å²) in [6.07, 6.45) is -6.50. The van der Waals surface area contributed by atoms with Gasteiger partial charge in [-0.3, -0.25) is 0 Å². The Morgan fingerprint density at radius 3 is 2.36 bits per heavy atom. The molecule has 1 saturated heterocycles. The number of aliphatic hydroxyl groups is 1. The lowest BCUT2D eigenvalue weighted by atomic mass is 9.62. The van der Waals surface area contributed by atoms with Crippen molar-refractivity contribution in [1.29, 1.82) is 0 Å². The highest BCUT2D eigenvalue weighted by Crippen LogP contribution is 2.56. The van der Waals surface area contributed by atoms with Crippen LogP contribution >= 0.6 is 0 Å². The van der Waals surface area contributed by atoms with E-state index in [1.807, 2.05) is 20.8 Å². The van der Waals surface area contributed by atoms with Crippen molar-refractivity contribution in [2.45, 2.75) is 51.7 Å². The summed E-state index contributed by atoms with van der Waals surface area (Å²) in [4.78, 5) is 12.5. The van der Waals surface area contributed by atoms with Crippen LogP contribution in [0.15, 0.2) is 18.2 Å². The van der Waals surface area contributed by atoms with Crippen molar-refractivity contribution >= 4 is 6.09 Å². The van der Waals surface area contributed by atoms with Gasteiger partial charge in [0.2, 0.25) is 0 Å². The molecule has 1 spiro atoms. The van der Waals surface area contributed by atoms with Gasteiger partial charge in [-0.15, -0.1) is 13.2 Å². The van der Waals surface area contributed by atoms with E-state index in [1.54, 1.807) is 0 Å². The fraction of sp³-hybridized carbons (Fsp3) is 0.632. The molecule has 2 atom stereocenters. The number of carbonyl (C=O) groups is 1. The maximum Gasteiger partial charge on any atom is 0.573 e. The van der Waals surface area contributed by atoms with Crippen molar-refractivity contribution in [2.24, 2.45) is 11.3 Å². The van der Waals surface area contributed by atoms with Gasteiger partial charge in [0.05, 0.1) is 11.7 Å². The van der Waals surface area contributed by atoms with Gasteiger partial charge in [0.1, 0.15) is 17.1 Å². The van der Waals surface area contributed by atoms with Crippen LogP contribution in [-0.2, 0) is 0 Å². The molecule has 6 nitrogen and oxygen atoms in total. The zero-order chi connectivity index (χ0) is 20.9. The Kier molecular flexibility index (Phi) is 4.94. The van der Waals surface area contributed by atoms with Crippen LogP contribution in [0.2, 0.25) is 0 Å². The average molecular weight is 403 g/mol. The normalized spacial score (nSPS) is 24.5. The maximum absolute atomic E-state index is 12.8. The Morgan fingerprint density at radius 1 is 1.25 bits per heavy atom. The van der Waals surface area contributed by atoms with Crippen LogP contribution in [0.1, 0.15) is 45.3 Å². The van der Waals surface area contributed by atoms with Crippen LogP contribution in [0.4, 0.5) is 18.0 Å². The molecule has 156 valence electrons. The molecule has 2 N–H and O–H groups in total. The average Bonchev–Trinajstić information content (AvgIpc) is 2.52. The second kappa shape index (κ2) is 6.72. The molecule has 3 rings (SSSR count). The van der Waals surface area contributed by atoms with Crippen LogP contribution in [-0.4, -0.2) is 46.3 Å². The number of fused-ring (bicyclic) bond motifs is 1. The number of carboxylic acid groups (broad SMARTS) is 1.